The van der Waals surface area contributed by atoms with Gasteiger partial charge in [-0.1, -0.05) is 11.6 Å². The molecule has 1 aliphatic heterocycles. The van der Waals surface area contributed by atoms with E-state index in [9.17, 15) is 14.7 Å². The van der Waals surface area contributed by atoms with Crippen LogP contribution in [0.4, 0.5) is 0 Å². The highest BCUT2D eigenvalue weighted by Gasteiger charge is 2.24. The third-order valence-corrected chi connectivity index (χ3v) is 3.98. The third-order valence-electron chi connectivity index (χ3n) is 3.76. The highest BCUT2D eigenvalue weighted by molar-refractivity contribution is 6.30. The number of aliphatic carboxylic acids is 1. The lowest BCUT2D eigenvalue weighted by Crippen LogP contribution is -2.33. The maximum atomic E-state index is 12.2. The van der Waals surface area contributed by atoms with Crippen molar-refractivity contribution in [1.29, 1.82) is 0 Å². The monoisotopic (exact) mass is 337 g/mol. The van der Waals surface area contributed by atoms with Crippen molar-refractivity contribution in [3.05, 3.63) is 45.5 Å². The number of ether oxygens (including phenoxy) is 1. The number of carbonyl (C=O) groups is 1. The fourth-order valence-corrected chi connectivity index (χ4v) is 2.76. The Labute approximate surface area is 137 Å². The first kappa shape index (κ1) is 15.9. The van der Waals surface area contributed by atoms with E-state index < -0.39 is 11.9 Å². The Morgan fingerprint density at radius 3 is 3.09 bits per heavy atom. The van der Waals surface area contributed by atoms with E-state index in [2.05, 4.69) is 4.98 Å². The summed E-state index contributed by atoms with van der Waals surface area (Å²) in [5.74, 6) is -1.45. The summed E-state index contributed by atoms with van der Waals surface area (Å²) in [7, 11) is 0. The Balaban J connectivity index is 1.84. The van der Waals surface area contributed by atoms with Gasteiger partial charge in [-0.3, -0.25) is 18.9 Å². The van der Waals surface area contributed by atoms with Gasteiger partial charge < -0.3 is 9.84 Å². The van der Waals surface area contributed by atoms with E-state index in [1.807, 2.05) is 4.90 Å². The van der Waals surface area contributed by atoms with Gasteiger partial charge >= 0.3 is 5.97 Å². The number of hydrogen-bond acceptors (Lipinski definition) is 5. The lowest BCUT2D eigenvalue weighted by Gasteiger charge is -2.21. The van der Waals surface area contributed by atoms with Crippen LogP contribution in [0.2, 0.25) is 5.02 Å². The fraction of sp³-hybridized carbons (Fsp3) is 0.400. The first-order valence-electron chi connectivity index (χ1n) is 7.23. The summed E-state index contributed by atoms with van der Waals surface area (Å²) < 4.78 is 6.71. The van der Waals surface area contributed by atoms with Crippen LogP contribution < -0.4 is 5.56 Å². The molecule has 122 valence electrons. The molecule has 23 heavy (non-hydrogen) atoms. The van der Waals surface area contributed by atoms with Crippen LogP contribution in [0.3, 0.4) is 0 Å². The van der Waals surface area contributed by atoms with Gasteiger partial charge in [0.15, 0.2) is 0 Å². The Morgan fingerprint density at radius 2 is 2.30 bits per heavy atom. The van der Waals surface area contributed by atoms with Crippen LogP contribution >= 0.6 is 11.6 Å². The lowest BCUT2D eigenvalue weighted by atomic mass is 10.1. The maximum Gasteiger partial charge on any atom is 0.310 e. The average Bonchev–Trinajstić information content (AvgIpc) is 2.74. The number of halogens is 1. The highest BCUT2D eigenvalue weighted by atomic mass is 35.5. The molecule has 2 aromatic heterocycles. The summed E-state index contributed by atoms with van der Waals surface area (Å²) in [5.41, 5.74) is 0.898. The molecule has 1 aliphatic rings. The lowest BCUT2D eigenvalue weighted by molar-refractivity contribution is -0.143. The smallest absolute Gasteiger partial charge is 0.310 e. The number of carboxylic acids is 1. The molecule has 3 rings (SSSR count). The van der Waals surface area contributed by atoms with Crippen LogP contribution in [0.15, 0.2) is 29.2 Å². The number of hydrogen-bond donors (Lipinski definition) is 1. The second kappa shape index (κ2) is 6.66. The number of aromatic nitrogens is 2. The van der Waals surface area contributed by atoms with Gasteiger partial charge in [-0.2, -0.15) is 0 Å². The van der Waals surface area contributed by atoms with E-state index >= 15 is 0 Å². The highest BCUT2D eigenvalue weighted by Crippen LogP contribution is 2.12. The summed E-state index contributed by atoms with van der Waals surface area (Å²) in [5, 5.41) is 9.63. The van der Waals surface area contributed by atoms with Crippen molar-refractivity contribution in [3.63, 3.8) is 0 Å². The Hall–Kier alpha value is -1.96. The number of nitrogens with zero attached hydrogens (tertiary/aromatic N) is 3. The van der Waals surface area contributed by atoms with Crippen LogP contribution in [0.25, 0.3) is 5.65 Å². The van der Waals surface area contributed by atoms with Gasteiger partial charge in [-0.25, -0.2) is 4.98 Å². The number of fused-ring (bicyclic) bond motifs is 1. The molecule has 0 aliphatic carbocycles. The minimum Gasteiger partial charge on any atom is -0.481 e. The molecule has 0 saturated carbocycles. The van der Waals surface area contributed by atoms with Crippen LogP contribution in [-0.4, -0.2) is 51.7 Å². The summed E-state index contributed by atoms with van der Waals surface area (Å²) in [6, 6.07) is 4.80. The standard InChI is InChI=1S/C15H16ClN3O4/c16-11-1-2-13-17-12(5-14(20)19(13)7-11)8-18-3-4-23-9-10(6-18)15(21)22/h1-2,5,7,10H,3-4,6,8-9H2,(H,21,22). The minimum atomic E-state index is -0.877. The zero-order valence-electron chi connectivity index (χ0n) is 12.3. The largest absolute Gasteiger partial charge is 0.481 e. The average molecular weight is 338 g/mol. The van der Waals surface area contributed by atoms with Gasteiger partial charge in [0.25, 0.3) is 5.56 Å². The topological polar surface area (TPSA) is 84.1 Å². The second-order valence-corrected chi connectivity index (χ2v) is 5.94. The predicted octanol–water partition coefficient (Wildman–Crippen LogP) is 0.881. The van der Waals surface area contributed by atoms with E-state index in [4.69, 9.17) is 16.3 Å². The van der Waals surface area contributed by atoms with E-state index in [0.29, 0.717) is 42.6 Å². The number of pyridine rings is 1. The number of rotatable bonds is 3. The normalized spacial score (nSPS) is 19.6. The fourth-order valence-electron chi connectivity index (χ4n) is 2.60. The van der Waals surface area contributed by atoms with Crippen molar-refractivity contribution < 1.29 is 14.6 Å². The van der Waals surface area contributed by atoms with Crippen molar-refractivity contribution in [2.24, 2.45) is 5.92 Å². The molecule has 1 N–H and O–H groups in total. The molecule has 1 saturated heterocycles. The van der Waals surface area contributed by atoms with Crippen molar-refractivity contribution in [1.82, 2.24) is 14.3 Å². The molecule has 7 nitrogen and oxygen atoms in total. The van der Waals surface area contributed by atoms with Gasteiger partial charge in [0, 0.05) is 31.9 Å². The zero-order chi connectivity index (χ0) is 16.4. The van der Waals surface area contributed by atoms with Crippen molar-refractivity contribution in [2.45, 2.75) is 6.54 Å². The third kappa shape index (κ3) is 3.69. The molecule has 1 unspecified atom stereocenters. The van der Waals surface area contributed by atoms with Crippen LogP contribution in [0.1, 0.15) is 5.69 Å². The van der Waals surface area contributed by atoms with Crippen LogP contribution in [-0.2, 0) is 16.1 Å². The molecular formula is C15H16ClN3O4. The SMILES string of the molecule is O=C(O)C1COCCN(Cc2cc(=O)n3cc(Cl)ccc3n2)C1. The van der Waals surface area contributed by atoms with Gasteiger partial charge in [0.2, 0.25) is 0 Å². The van der Waals surface area contributed by atoms with Gasteiger partial charge in [0.1, 0.15) is 5.65 Å². The minimum absolute atomic E-state index is 0.206. The summed E-state index contributed by atoms with van der Waals surface area (Å²) in [4.78, 5) is 29.7. The molecular weight excluding hydrogens is 322 g/mol. The molecule has 8 heteroatoms. The van der Waals surface area contributed by atoms with Crippen molar-refractivity contribution >= 4 is 23.2 Å². The second-order valence-electron chi connectivity index (χ2n) is 5.51. The van der Waals surface area contributed by atoms with E-state index in [0.717, 1.165) is 0 Å². The zero-order valence-corrected chi connectivity index (χ0v) is 13.1. The first-order valence-corrected chi connectivity index (χ1v) is 7.61. The van der Waals surface area contributed by atoms with Gasteiger partial charge in [0.05, 0.1) is 29.8 Å². The Kier molecular flexibility index (Phi) is 4.61. The Bertz CT molecular complexity index is 792. The van der Waals surface area contributed by atoms with E-state index in [1.54, 1.807) is 12.1 Å². The molecule has 3 heterocycles. The maximum absolute atomic E-state index is 12.2. The molecule has 2 aromatic rings. The van der Waals surface area contributed by atoms with Crippen molar-refractivity contribution in [2.75, 3.05) is 26.3 Å². The predicted molar refractivity (Wildman–Crippen MR) is 83.7 cm³/mol. The van der Waals surface area contributed by atoms with E-state index in [1.165, 1.54) is 16.7 Å². The Morgan fingerprint density at radius 1 is 1.48 bits per heavy atom. The number of carboxylic acid groups (broad SMARTS) is 1. The first-order chi connectivity index (χ1) is 11.0. The quantitative estimate of drug-likeness (QED) is 0.895. The molecule has 0 aromatic carbocycles. The van der Waals surface area contributed by atoms with Crippen LogP contribution in [0, 0.1) is 5.92 Å². The van der Waals surface area contributed by atoms with Crippen molar-refractivity contribution in [3.8, 4) is 0 Å². The molecule has 0 bridgehead atoms. The molecule has 1 atom stereocenters. The molecule has 0 radical (unpaired) electrons. The molecule has 0 amide bonds. The van der Waals surface area contributed by atoms with Gasteiger partial charge in [-0.15, -0.1) is 0 Å². The summed E-state index contributed by atoms with van der Waals surface area (Å²) in [6.45, 7) is 2.05. The molecule has 1 fully saturated rings. The van der Waals surface area contributed by atoms with Gasteiger partial charge in [-0.05, 0) is 12.1 Å². The summed E-state index contributed by atoms with van der Waals surface area (Å²) in [6.07, 6.45) is 1.52. The van der Waals surface area contributed by atoms with Crippen LogP contribution in [0.5, 0.6) is 0 Å². The summed E-state index contributed by atoms with van der Waals surface area (Å²) >= 11 is 5.88. The molecule has 0 spiro atoms. The van der Waals surface area contributed by atoms with E-state index in [-0.39, 0.29) is 12.2 Å².